The Morgan fingerprint density at radius 3 is 1.32 bits per heavy atom. The van der Waals surface area contributed by atoms with Crippen molar-refractivity contribution < 1.29 is 14.2 Å². The van der Waals surface area contributed by atoms with E-state index in [0.29, 0.717) is 0 Å². The highest BCUT2D eigenvalue weighted by atomic mass is 16.5. The number of benzene rings is 1. The van der Waals surface area contributed by atoms with E-state index in [0.717, 1.165) is 63.5 Å². The molecule has 41 heavy (non-hydrogen) atoms. The number of fused-ring (bicyclic) bond motifs is 1. The molecule has 5 heteroatoms. The van der Waals surface area contributed by atoms with E-state index in [1.165, 1.54) is 103 Å². The maximum atomic E-state index is 6.70. The Balaban J connectivity index is 1.90. The van der Waals surface area contributed by atoms with Gasteiger partial charge in [-0.25, -0.2) is 0 Å². The topological polar surface area (TPSA) is 34.2 Å². The van der Waals surface area contributed by atoms with E-state index < -0.39 is 0 Å². The fourth-order valence-electron chi connectivity index (χ4n) is 5.78. The van der Waals surface area contributed by atoms with Crippen molar-refractivity contribution in [3.8, 4) is 11.5 Å². The molecule has 2 unspecified atom stereocenters. The Hall–Kier alpha value is -1.30. The lowest BCUT2D eigenvalue weighted by atomic mass is 10.1. The van der Waals surface area contributed by atoms with Gasteiger partial charge < -0.3 is 14.2 Å². The van der Waals surface area contributed by atoms with Gasteiger partial charge in [0.1, 0.15) is 0 Å². The number of unbranched alkanes of at least 4 members (excludes halogenated alkanes) is 14. The molecule has 0 amide bonds. The number of hydrogen-bond acceptors (Lipinski definition) is 5. The van der Waals surface area contributed by atoms with E-state index >= 15 is 0 Å². The largest absolute Gasteiger partial charge is 0.471 e. The standard InChI is InChI=1S/C36H66N2O3/c1-5-7-9-11-13-15-17-21-29-37(3)35-27-23-31-39-32-24-28-36(41-34-26-20-19-25-33(34)40-35)38(4)30-22-18-16-14-12-10-8-6-2/h19-20,25-26,35-36H,5-18,21-24,27-32H2,1-4H3. The van der Waals surface area contributed by atoms with Crippen molar-refractivity contribution in [3.63, 3.8) is 0 Å². The lowest BCUT2D eigenvalue weighted by Crippen LogP contribution is -2.38. The fourth-order valence-corrected chi connectivity index (χ4v) is 5.78. The van der Waals surface area contributed by atoms with Gasteiger partial charge in [-0.05, 0) is 51.9 Å². The molecule has 0 N–H and O–H groups in total. The SMILES string of the molecule is CCCCCCCCCCN(C)C1CCCOCCCC(N(C)CCCCCCCCCC)Oc2ccccc2O1. The number of para-hydroxylation sites is 2. The van der Waals surface area contributed by atoms with Gasteiger partial charge in [0, 0.05) is 39.1 Å². The molecule has 1 aliphatic heterocycles. The predicted octanol–water partition coefficient (Wildman–Crippen LogP) is 9.83. The monoisotopic (exact) mass is 575 g/mol. The van der Waals surface area contributed by atoms with E-state index in [1.54, 1.807) is 0 Å². The van der Waals surface area contributed by atoms with Crippen LogP contribution in [0.25, 0.3) is 0 Å². The molecule has 0 saturated carbocycles. The molecule has 0 aliphatic carbocycles. The molecule has 0 radical (unpaired) electrons. The summed E-state index contributed by atoms with van der Waals surface area (Å²) in [5, 5.41) is 0. The van der Waals surface area contributed by atoms with E-state index in [2.05, 4.69) is 62.0 Å². The summed E-state index contributed by atoms with van der Waals surface area (Å²) >= 11 is 0. The molecule has 0 aromatic heterocycles. The first-order valence-corrected chi connectivity index (χ1v) is 17.6. The van der Waals surface area contributed by atoms with Crippen LogP contribution in [0.5, 0.6) is 11.5 Å². The molecular formula is C36H66N2O3. The summed E-state index contributed by atoms with van der Waals surface area (Å²) in [4.78, 5) is 4.80. The van der Waals surface area contributed by atoms with E-state index in [9.17, 15) is 0 Å². The molecular weight excluding hydrogens is 508 g/mol. The van der Waals surface area contributed by atoms with Crippen LogP contribution in [0.3, 0.4) is 0 Å². The maximum Gasteiger partial charge on any atom is 0.163 e. The molecule has 2 atom stereocenters. The van der Waals surface area contributed by atoms with Gasteiger partial charge in [-0.2, -0.15) is 0 Å². The summed E-state index contributed by atoms with van der Waals surface area (Å²) in [5.74, 6) is 1.73. The third kappa shape index (κ3) is 16.8. The van der Waals surface area contributed by atoms with Crippen LogP contribution in [-0.4, -0.2) is 62.7 Å². The summed E-state index contributed by atoms with van der Waals surface area (Å²) in [6.45, 7) is 8.29. The van der Waals surface area contributed by atoms with Crippen LogP contribution in [0.4, 0.5) is 0 Å². The minimum absolute atomic E-state index is 0.0298. The molecule has 1 aliphatic rings. The van der Waals surface area contributed by atoms with Gasteiger partial charge in [0.05, 0.1) is 0 Å². The second-order valence-corrected chi connectivity index (χ2v) is 12.4. The van der Waals surface area contributed by atoms with Crippen molar-refractivity contribution in [3.05, 3.63) is 24.3 Å². The van der Waals surface area contributed by atoms with Crippen LogP contribution in [0.2, 0.25) is 0 Å². The first-order chi connectivity index (χ1) is 20.2. The summed E-state index contributed by atoms with van der Waals surface area (Å²) in [7, 11) is 4.43. The van der Waals surface area contributed by atoms with Gasteiger partial charge in [0.15, 0.2) is 24.0 Å². The lowest BCUT2D eigenvalue weighted by molar-refractivity contribution is 0.0154. The molecule has 1 aromatic carbocycles. The van der Waals surface area contributed by atoms with Crippen molar-refractivity contribution in [2.75, 3.05) is 40.4 Å². The van der Waals surface area contributed by atoms with Crippen LogP contribution < -0.4 is 9.47 Å². The summed E-state index contributed by atoms with van der Waals surface area (Å²) in [6.07, 6.45) is 25.5. The number of ether oxygens (including phenoxy) is 3. The van der Waals surface area contributed by atoms with Crippen molar-refractivity contribution in [2.45, 2.75) is 155 Å². The van der Waals surface area contributed by atoms with Gasteiger partial charge >= 0.3 is 0 Å². The van der Waals surface area contributed by atoms with Crippen LogP contribution >= 0.6 is 0 Å². The molecule has 1 aromatic rings. The van der Waals surface area contributed by atoms with Crippen LogP contribution in [0.15, 0.2) is 24.3 Å². The molecule has 5 nitrogen and oxygen atoms in total. The Bertz CT molecular complexity index is 672. The third-order valence-corrected chi connectivity index (χ3v) is 8.57. The highest BCUT2D eigenvalue weighted by molar-refractivity contribution is 5.39. The zero-order valence-electron chi connectivity index (χ0n) is 27.6. The van der Waals surface area contributed by atoms with Crippen molar-refractivity contribution in [1.29, 1.82) is 0 Å². The average Bonchev–Trinajstić information content (AvgIpc) is 3.00. The second kappa shape index (κ2) is 24.2. The van der Waals surface area contributed by atoms with Crippen LogP contribution in [0, 0.1) is 0 Å². The second-order valence-electron chi connectivity index (χ2n) is 12.4. The maximum absolute atomic E-state index is 6.70. The van der Waals surface area contributed by atoms with Gasteiger partial charge in [0.2, 0.25) is 0 Å². The fraction of sp³-hybridized carbons (Fsp3) is 0.833. The van der Waals surface area contributed by atoms with Crippen LogP contribution in [0.1, 0.15) is 142 Å². The molecule has 1 heterocycles. The van der Waals surface area contributed by atoms with Crippen molar-refractivity contribution in [2.24, 2.45) is 0 Å². The average molecular weight is 575 g/mol. The quantitative estimate of drug-likeness (QED) is 0.145. The summed E-state index contributed by atoms with van der Waals surface area (Å²) in [6, 6.07) is 8.30. The highest BCUT2D eigenvalue weighted by Gasteiger charge is 2.22. The summed E-state index contributed by atoms with van der Waals surface area (Å²) < 4.78 is 19.4. The van der Waals surface area contributed by atoms with Crippen LogP contribution in [-0.2, 0) is 4.74 Å². The van der Waals surface area contributed by atoms with Gasteiger partial charge in [-0.15, -0.1) is 0 Å². The zero-order chi connectivity index (χ0) is 29.4. The Kier molecular flexibility index (Phi) is 21.2. The van der Waals surface area contributed by atoms with Gasteiger partial charge in [0.25, 0.3) is 0 Å². The number of rotatable bonds is 20. The minimum Gasteiger partial charge on any atom is -0.471 e. The van der Waals surface area contributed by atoms with Gasteiger partial charge in [-0.3, -0.25) is 9.80 Å². The molecule has 2 rings (SSSR count). The minimum atomic E-state index is 0.0298. The molecule has 0 fully saturated rings. The van der Waals surface area contributed by atoms with E-state index in [4.69, 9.17) is 14.2 Å². The first kappa shape index (κ1) is 35.9. The smallest absolute Gasteiger partial charge is 0.163 e. The van der Waals surface area contributed by atoms with Gasteiger partial charge in [-0.1, -0.05) is 116 Å². The van der Waals surface area contributed by atoms with E-state index in [1.807, 2.05) is 0 Å². The number of nitrogens with zero attached hydrogens (tertiary/aromatic N) is 2. The van der Waals surface area contributed by atoms with E-state index in [-0.39, 0.29) is 12.5 Å². The molecule has 238 valence electrons. The first-order valence-electron chi connectivity index (χ1n) is 17.6. The van der Waals surface area contributed by atoms with Crippen molar-refractivity contribution in [1.82, 2.24) is 9.80 Å². The molecule has 0 bridgehead atoms. The highest BCUT2D eigenvalue weighted by Crippen LogP contribution is 2.31. The Morgan fingerprint density at radius 2 is 0.927 bits per heavy atom. The lowest BCUT2D eigenvalue weighted by Gasteiger charge is -2.31. The Morgan fingerprint density at radius 1 is 0.561 bits per heavy atom. The summed E-state index contributed by atoms with van der Waals surface area (Å²) in [5.41, 5.74) is 0. The molecule has 0 saturated heterocycles. The Labute approximate surface area is 254 Å². The number of hydrogen-bond donors (Lipinski definition) is 0. The zero-order valence-corrected chi connectivity index (χ0v) is 27.6. The predicted molar refractivity (Wildman–Crippen MR) is 175 cm³/mol. The normalized spacial score (nSPS) is 18.7. The third-order valence-electron chi connectivity index (χ3n) is 8.57. The molecule has 0 spiro atoms. The van der Waals surface area contributed by atoms with Crippen molar-refractivity contribution >= 4 is 0 Å².